The minimum atomic E-state index is -0.0852. The molecule has 0 spiro atoms. The van der Waals surface area contributed by atoms with Crippen LogP contribution >= 0.6 is 0 Å². The number of ether oxygens (including phenoxy) is 1. The van der Waals surface area contributed by atoms with Crippen LogP contribution in [0.3, 0.4) is 0 Å². The zero-order valence-corrected chi connectivity index (χ0v) is 16.3. The van der Waals surface area contributed by atoms with Gasteiger partial charge in [-0.3, -0.25) is 4.79 Å². The van der Waals surface area contributed by atoms with Gasteiger partial charge in [-0.1, -0.05) is 19.1 Å². The van der Waals surface area contributed by atoms with Crippen LogP contribution in [0.25, 0.3) is 0 Å². The predicted molar refractivity (Wildman–Crippen MR) is 106 cm³/mol. The summed E-state index contributed by atoms with van der Waals surface area (Å²) in [5.74, 6) is 0.666. The van der Waals surface area contributed by atoms with E-state index in [1.807, 2.05) is 34.1 Å². The molecule has 0 unspecified atom stereocenters. The van der Waals surface area contributed by atoms with Gasteiger partial charge in [-0.2, -0.15) is 0 Å². The lowest BCUT2D eigenvalue weighted by atomic mass is 9.96. The number of carbonyl (C=O) groups is 2. The van der Waals surface area contributed by atoms with Crippen LogP contribution in [0.4, 0.5) is 10.5 Å². The Morgan fingerprint density at radius 1 is 1.04 bits per heavy atom. The van der Waals surface area contributed by atoms with E-state index in [1.165, 1.54) is 5.56 Å². The lowest BCUT2D eigenvalue weighted by molar-refractivity contribution is -0.132. The van der Waals surface area contributed by atoms with E-state index in [0.29, 0.717) is 32.0 Å². The van der Waals surface area contributed by atoms with E-state index in [0.717, 1.165) is 51.1 Å². The molecule has 1 aromatic carbocycles. The van der Waals surface area contributed by atoms with Gasteiger partial charge in [0.1, 0.15) is 0 Å². The van der Waals surface area contributed by atoms with Crippen molar-refractivity contribution in [3.63, 3.8) is 0 Å². The summed E-state index contributed by atoms with van der Waals surface area (Å²) in [5.41, 5.74) is 2.07. The number of urea groups is 1. The second-order valence-electron chi connectivity index (χ2n) is 7.46. The molecule has 2 saturated heterocycles. The molecular weight excluding hydrogens is 342 g/mol. The average molecular weight is 373 g/mol. The van der Waals surface area contributed by atoms with Crippen molar-refractivity contribution in [2.24, 2.45) is 5.92 Å². The lowest BCUT2D eigenvalue weighted by Gasteiger charge is -2.26. The number of carbonyl (C=O) groups excluding carboxylic acids is 2. The van der Waals surface area contributed by atoms with E-state index < -0.39 is 0 Å². The molecule has 6 heteroatoms. The maximum absolute atomic E-state index is 12.6. The first-order valence-corrected chi connectivity index (χ1v) is 10.2. The molecule has 1 aromatic rings. The SMILES string of the molecule is CCc1ccc(NC(=O)N2CCCN(C(=O)CC3CCOCC3)CC2)cc1. The molecule has 0 bridgehead atoms. The summed E-state index contributed by atoms with van der Waals surface area (Å²) in [6, 6.07) is 7.87. The lowest BCUT2D eigenvalue weighted by Crippen LogP contribution is -2.39. The first-order valence-electron chi connectivity index (χ1n) is 10.2. The molecule has 6 nitrogen and oxygen atoms in total. The summed E-state index contributed by atoms with van der Waals surface area (Å²) in [7, 11) is 0. The van der Waals surface area contributed by atoms with Crippen LogP contribution in [0.2, 0.25) is 0 Å². The Labute approximate surface area is 161 Å². The van der Waals surface area contributed by atoms with Crippen LogP contribution in [-0.2, 0) is 16.0 Å². The predicted octanol–water partition coefficient (Wildman–Crippen LogP) is 3.13. The van der Waals surface area contributed by atoms with Crippen molar-refractivity contribution in [2.75, 3.05) is 44.7 Å². The van der Waals surface area contributed by atoms with Crippen molar-refractivity contribution >= 4 is 17.6 Å². The third-order valence-electron chi connectivity index (χ3n) is 5.55. The summed E-state index contributed by atoms with van der Waals surface area (Å²) in [4.78, 5) is 28.9. The largest absolute Gasteiger partial charge is 0.381 e. The van der Waals surface area contributed by atoms with Crippen molar-refractivity contribution in [2.45, 2.75) is 39.0 Å². The molecule has 2 aliphatic heterocycles. The number of nitrogens with one attached hydrogen (secondary N) is 1. The van der Waals surface area contributed by atoms with Crippen LogP contribution < -0.4 is 5.32 Å². The van der Waals surface area contributed by atoms with Crippen molar-refractivity contribution in [3.8, 4) is 0 Å². The molecule has 0 atom stereocenters. The highest BCUT2D eigenvalue weighted by molar-refractivity contribution is 5.89. The van der Waals surface area contributed by atoms with E-state index in [2.05, 4.69) is 12.2 Å². The maximum atomic E-state index is 12.6. The second kappa shape index (κ2) is 9.74. The summed E-state index contributed by atoms with van der Waals surface area (Å²) in [5, 5.41) is 2.97. The first-order chi connectivity index (χ1) is 13.2. The highest BCUT2D eigenvalue weighted by atomic mass is 16.5. The van der Waals surface area contributed by atoms with E-state index in [9.17, 15) is 9.59 Å². The highest BCUT2D eigenvalue weighted by Crippen LogP contribution is 2.20. The molecule has 3 rings (SSSR count). The van der Waals surface area contributed by atoms with Gasteiger partial charge in [0.05, 0.1) is 0 Å². The zero-order chi connectivity index (χ0) is 19.1. The minimum Gasteiger partial charge on any atom is -0.381 e. The van der Waals surface area contributed by atoms with Crippen molar-refractivity contribution < 1.29 is 14.3 Å². The zero-order valence-electron chi connectivity index (χ0n) is 16.3. The number of hydrogen-bond donors (Lipinski definition) is 1. The molecule has 148 valence electrons. The fraction of sp³-hybridized carbons (Fsp3) is 0.619. The first kappa shape index (κ1) is 19.7. The monoisotopic (exact) mass is 373 g/mol. The quantitative estimate of drug-likeness (QED) is 0.882. The Kier molecular flexibility index (Phi) is 7.10. The molecule has 0 aliphatic carbocycles. The highest BCUT2D eigenvalue weighted by Gasteiger charge is 2.25. The van der Waals surface area contributed by atoms with Gasteiger partial charge >= 0.3 is 6.03 Å². The molecule has 1 N–H and O–H groups in total. The van der Waals surface area contributed by atoms with E-state index in [4.69, 9.17) is 4.74 Å². The van der Waals surface area contributed by atoms with Crippen molar-refractivity contribution in [1.29, 1.82) is 0 Å². The molecule has 27 heavy (non-hydrogen) atoms. The smallest absolute Gasteiger partial charge is 0.321 e. The van der Waals surface area contributed by atoms with E-state index in [-0.39, 0.29) is 11.9 Å². The van der Waals surface area contributed by atoms with Gasteiger partial charge in [0.25, 0.3) is 0 Å². The molecule has 0 saturated carbocycles. The van der Waals surface area contributed by atoms with Crippen molar-refractivity contribution in [1.82, 2.24) is 9.80 Å². The molecule has 0 radical (unpaired) electrons. The van der Waals surface area contributed by atoms with Gasteiger partial charge in [-0.25, -0.2) is 4.79 Å². The Morgan fingerprint density at radius 2 is 1.70 bits per heavy atom. The minimum absolute atomic E-state index is 0.0852. The summed E-state index contributed by atoms with van der Waals surface area (Å²) >= 11 is 0. The maximum Gasteiger partial charge on any atom is 0.321 e. The number of rotatable bonds is 4. The Bertz CT molecular complexity index is 626. The number of hydrogen-bond acceptors (Lipinski definition) is 3. The fourth-order valence-electron chi connectivity index (χ4n) is 3.72. The van der Waals surface area contributed by atoms with Crippen molar-refractivity contribution in [3.05, 3.63) is 29.8 Å². The number of aryl methyl sites for hydroxylation is 1. The third kappa shape index (κ3) is 5.70. The molecule has 0 aromatic heterocycles. The standard InChI is InChI=1S/C21H31N3O3/c1-2-17-4-6-19(7-5-17)22-21(26)24-11-3-10-23(12-13-24)20(25)16-18-8-14-27-15-9-18/h4-7,18H,2-3,8-16H2,1H3,(H,22,26). The number of benzene rings is 1. The van der Waals surface area contributed by atoms with Crippen LogP contribution in [0, 0.1) is 5.92 Å². The number of nitrogens with zero attached hydrogens (tertiary/aromatic N) is 2. The van der Waals surface area contributed by atoms with Gasteiger partial charge in [-0.05, 0) is 49.3 Å². The van der Waals surface area contributed by atoms with E-state index >= 15 is 0 Å². The number of amides is 3. The van der Waals surface area contributed by atoms with Crippen LogP contribution in [0.1, 0.15) is 38.2 Å². The summed E-state index contributed by atoms with van der Waals surface area (Å²) in [6.45, 7) is 6.26. The Hall–Kier alpha value is -2.08. The normalized spacial score (nSPS) is 18.9. The summed E-state index contributed by atoms with van der Waals surface area (Å²) < 4.78 is 5.37. The topological polar surface area (TPSA) is 61.9 Å². The van der Waals surface area contributed by atoms with Gasteiger partial charge in [0, 0.05) is 51.5 Å². The molecule has 2 aliphatic rings. The van der Waals surface area contributed by atoms with E-state index in [1.54, 1.807) is 0 Å². The van der Waals surface area contributed by atoms with Crippen LogP contribution in [-0.4, -0.2) is 61.1 Å². The molecule has 2 heterocycles. The van der Waals surface area contributed by atoms with Gasteiger partial charge < -0.3 is 19.9 Å². The molecule has 3 amide bonds. The van der Waals surface area contributed by atoms with Crippen LogP contribution in [0.5, 0.6) is 0 Å². The summed E-state index contributed by atoms with van der Waals surface area (Å²) in [6.07, 6.45) is 4.37. The Morgan fingerprint density at radius 3 is 2.41 bits per heavy atom. The third-order valence-corrected chi connectivity index (χ3v) is 5.55. The van der Waals surface area contributed by atoms with Gasteiger partial charge in [0.2, 0.25) is 5.91 Å². The van der Waals surface area contributed by atoms with Gasteiger partial charge in [-0.15, -0.1) is 0 Å². The second-order valence-corrected chi connectivity index (χ2v) is 7.46. The average Bonchev–Trinajstić information content (AvgIpc) is 2.96. The number of anilines is 1. The Balaban J connectivity index is 1.47. The van der Waals surface area contributed by atoms with Gasteiger partial charge in [0.15, 0.2) is 0 Å². The molecular formula is C21H31N3O3. The fourth-order valence-corrected chi connectivity index (χ4v) is 3.72. The van der Waals surface area contributed by atoms with Crippen LogP contribution in [0.15, 0.2) is 24.3 Å². The molecule has 2 fully saturated rings.